The summed E-state index contributed by atoms with van der Waals surface area (Å²) in [5.41, 5.74) is 1.10. The molecule has 24 heavy (non-hydrogen) atoms. The van der Waals surface area contributed by atoms with E-state index in [1.54, 1.807) is 57.4 Å². The molecule has 7 heteroatoms. The smallest absolute Gasteiger partial charge is 0.264 e. The van der Waals surface area contributed by atoms with Crippen molar-refractivity contribution in [3.63, 3.8) is 0 Å². The summed E-state index contributed by atoms with van der Waals surface area (Å²) < 4.78 is 27.2. The highest BCUT2D eigenvalue weighted by molar-refractivity contribution is 7.92. The highest BCUT2D eigenvalue weighted by atomic mass is 35.5. The van der Waals surface area contributed by atoms with E-state index < -0.39 is 10.0 Å². The minimum Gasteiger partial charge on any atom is -0.347 e. The first-order chi connectivity index (χ1) is 11.2. The number of amides is 1. The number of likely N-dealkylation sites (N-methyl/N-ethyl adjacent to an activating group) is 1. The van der Waals surface area contributed by atoms with E-state index in [2.05, 4.69) is 0 Å². The first kappa shape index (κ1) is 18.3. The van der Waals surface area contributed by atoms with E-state index in [1.165, 1.54) is 17.0 Å². The topological polar surface area (TPSA) is 57.7 Å². The maximum atomic E-state index is 13.1. The van der Waals surface area contributed by atoms with Crippen LogP contribution in [-0.2, 0) is 14.8 Å². The molecule has 2 aromatic rings. The van der Waals surface area contributed by atoms with Gasteiger partial charge in [-0.2, -0.15) is 0 Å². The molecule has 0 saturated heterocycles. The minimum atomic E-state index is -3.88. The zero-order chi connectivity index (χ0) is 17.9. The number of benzene rings is 2. The van der Waals surface area contributed by atoms with Crippen molar-refractivity contribution in [1.82, 2.24) is 4.90 Å². The molecule has 0 fully saturated rings. The molecule has 0 aliphatic rings. The van der Waals surface area contributed by atoms with Gasteiger partial charge < -0.3 is 4.90 Å². The Morgan fingerprint density at radius 3 is 2.25 bits per heavy atom. The lowest BCUT2D eigenvalue weighted by atomic mass is 10.2. The van der Waals surface area contributed by atoms with Crippen LogP contribution in [0.1, 0.15) is 5.56 Å². The van der Waals surface area contributed by atoms with E-state index in [9.17, 15) is 13.2 Å². The molecule has 0 atom stereocenters. The summed E-state index contributed by atoms with van der Waals surface area (Å²) in [6.45, 7) is 1.47. The Morgan fingerprint density at radius 1 is 1.08 bits per heavy atom. The lowest BCUT2D eigenvalue weighted by Crippen LogP contribution is -2.40. The number of hydrogen-bond donors (Lipinski definition) is 0. The Morgan fingerprint density at radius 2 is 1.71 bits per heavy atom. The van der Waals surface area contributed by atoms with Crippen LogP contribution in [0.15, 0.2) is 53.4 Å². The van der Waals surface area contributed by atoms with Gasteiger partial charge in [-0.15, -0.1) is 0 Å². The Balaban J connectivity index is 2.57. The van der Waals surface area contributed by atoms with Crippen LogP contribution in [0.4, 0.5) is 5.69 Å². The third kappa shape index (κ3) is 3.88. The molecule has 128 valence electrons. The standard InChI is InChI=1S/C17H19ClN2O3S/c1-13-11-14(18)9-10-16(13)20(12-17(21)19(2)3)24(22,23)15-7-5-4-6-8-15/h4-11H,12H2,1-3H3. The van der Waals surface area contributed by atoms with Crippen LogP contribution in [-0.4, -0.2) is 39.9 Å². The van der Waals surface area contributed by atoms with Crippen LogP contribution in [0, 0.1) is 6.92 Å². The Labute approximate surface area is 147 Å². The third-order valence-corrected chi connectivity index (χ3v) is 5.55. The average Bonchev–Trinajstić information content (AvgIpc) is 2.53. The number of rotatable bonds is 5. The van der Waals surface area contributed by atoms with Crippen molar-refractivity contribution in [1.29, 1.82) is 0 Å². The molecule has 0 unspecified atom stereocenters. The van der Waals surface area contributed by atoms with Crippen molar-refractivity contribution < 1.29 is 13.2 Å². The predicted molar refractivity (Wildman–Crippen MR) is 95.9 cm³/mol. The molecule has 2 rings (SSSR count). The number of aryl methyl sites for hydroxylation is 1. The number of hydrogen-bond acceptors (Lipinski definition) is 3. The fraction of sp³-hybridized carbons (Fsp3) is 0.235. The molecule has 0 heterocycles. The lowest BCUT2D eigenvalue weighted by Gasteiger charge is -2.26. The van der Waals surface area contributed by atoms with Crippen LogP contribution >= 0.6 is 11.6 Å². The van der Waals surface area contributed by atoms with E-state index in [4.69, 9.17) is 11.6 Å². The zero-order valence-electron chi connectivity index (χ0n) is 13.7. The number of halogens is 1. The zero-order valence-corrected chi connectivity index (χ0v) is 15.3. The van der Waals surface area contributed by atoms with Crippen LogP contribution in [0.5, 0.6) is 0 Å². The lowest BCUT2D eigenvalue weighted by molar-refractivity contribution is -0.127. The molecular weight excluding hydrogens is 348 g/mol. The molecule has 0 radical (unpaired) electrons. The highest BCUT2D eigenvalue weighted by Crippen LogP contribution is 2.28. The summed E-state index contributed by atoms with van der Waals surface area (Å²) in [6, 6.07) is 12.9. The van der Waals surface area contributed by atoms with Gasteiger partial charge in [-0.05, 0) is 42.8 Å². The second kappa shape index (κ2) is 7.23. The van der Waals surface area contributed by atoms with Gasteiger partial charge in [0.2, 0.25) is 5.91 Å². The Kier molecular flexibility index (Phi) is 5.51. The second-order valence-corrected chi connectivity index (χ2v) is 7.84. The van der Waals surface area contributed by atoms with E-state index in [0.717, 1.165) is 4.31 Å². The van der Waals surface area contributed by atoms with Gasteiger partial charge in [0.05, 0.1) is 10.6 Å². The van der Waals surface area contributed by atoms with E-state index >= 15 is 0 Å². The van der Waals surface area contributed by atoms with Gasteiger partial charge in [0.1, 0.15) is 6.54 Å². The summed E-state index contributed by atoms with van der Waals surface area (Å²) in [5.74, 6) is -0.316. The van der Waals surface area contributed by atoms with Gasteiger partial charge in [-0.25, -0.2) is 8.42 Å². The highest BCUT2D eigenvalue weighted by Gasteiger charge is 2.28. The van der Waals surface area contributed by atoms with Crippen molar-refractivity contribution in [2.24, 2.45) is 0 Å². The maximum Gasteiger partial charge on any atom is 0.264 e. The van der Waals surface area contributed by atoms with Gasteiger partial charge in [0.25, 0.3) is 10.0 Å². The molecule has 0 saturated carbocycles. The molecular formula is C17H19ClN2O3S. The summed E-state index contributed by atoms with van der Waals surface area (Å²) in [5, 5.41) is 0.507. The predicted octanol–water partition coefficient (Wildman–Crippen LogP) is 2.93. The van der Waals surface area contributed by atoms with Crippen molar-refractivity contribution in [3.8, 4) is 0 Å². The average molecular weight is 367 g/mol. The molecule has 5 nitrogen and oxygen atoms in total. The largest absolute Gasteiger partial charge is 0.347 e. The van der Waals surface area contributed by atoms with Gasteiger partial charge in [0.15, 0.2) is 0 Å². The van der Waals surface area contributed by atoms with Gasteiger partial charge in [0, 0.05) is 19.1 Å². The quantitative estimate of drug-likeness (QED) is 0.817. The fourth-order valence-electron chi connectivity index (χ4n) is 2.18. The van der Waals surface area contributed by atoms with Crippen LogP contribution in [0.2, 0.25) is 5.02 Å². The van der Waals surface area contributed by atoms with Crippen molar-refractivity contribution >= 4 is 33.2 Å². The minimum absolute atomic E-state index is 0.130. The van der Waals surface area contributed by atoms with Crippen LogP contribution in [0.3, 0.4) is 0 Å². The molecule has 1 amide bonds. The number of anilines is 1. The van der Waals surface area contributed by atoms with Crippen molar-refractivity contribution in [2.75, 3.05) is 24.9 Å². The summed E-state index contributed by atoms with van der Waals surface area (Å²) in [7, 11) is -0.700. The van der Waals surface area contributed by atoms with E-state index in [-0.39, 0.29) is 17.3 Å². The van der Waals surface area contributed by atoms with Crippen LogP contribution in [0.25, 0.3) is 0 Å². The molecule has 2 aromatic carbocycles. The summed E-state index contributed by atoms with van der Waals surface area (Å²) >= 11 is 5.97. The first-order valence-corrected chi connectivity index (χ1v) is 9.09. The van der Waals surface area contributed by atoms with Crippen molar-refractivity contribution in [3.05, 3.63) is 59.1 Å². The maximum absolute atomic E-state index is 13.1. The number of carbonyl (C=O) groups excluding carboxylic acids is 1. The molecule has 0 aliphatic heterocycles. The van der Waals surface area contributed by atoms with Gasteiger partial charge in [-0.3, -0.25) is 9.10 Å². The molecule has 0 spiro atoms. The third-order valence-electron chi connectivity index (χ3n) is 3.54. The van der Waals surface area contributed by atoms with Crippen LogP contribution < -0.4 is 4.31 Å². The molecule has 0 bridgehead atoms. The Hall–Kier alpha value is -2.05. The monoisotopic (exact) mass is 366 g/mol. The first-order valence-electron chi connectivity index (χ1n) is 7.27. The van der Waals surface area contributed by atoms with Gasteiger partial charge in [-0.1, -0.05) is 29.8 Å². The summed E-state index contributed by atoms with van der Waals surface area (Å²) in [4.78, 5) is 13.7. The number of sulfonamides is 1. The molecule has 0 aromatic heterocycles. The van der Waals surface area contributed by atoms with Gasteiger partial charge >= 0.3 is 0 Å². The Bertz CT molecular complexity index is 836. The number of carbonyl (C=O) groups is 1. The van der Waals surface area contributed by atoms with Crippen molar-refractivity contribution in [2.45, 2.75) is 11.8 Å². The molecule has 0 aliphatic carbocycles. The SMILES string of the molecule is Cc1cc(Cl)ccc1N(CC(=O)N(C)C)S(=O)(=O)c1ccccc1. The van der Waals surface area contributed by atoms with E-state index in [1.807, 2.05) is 0 Å². The fourth-order valence-corrected chi connectivity index (χ4v) is 3.91. The summed E-state index contributed by atoms with van der Waals surface area (Å²) in [6.07, 6.45) is 0. The second-order valence-electron chi connectivity index (χ2n) is 5.54. The number of nitrogens with zero attached hydrogens (tertiary/aromatic N) is 2. The van der Waals surface area contributed by atoms with E-state index in [0.29, 0.717) is 16.3 Å². The normalized spacial score (nSPS) is 11.2. The molecule has 0 N–H and O–H groups in total.